The van der Waals surface area contributed by atoms with Gasteiger partial charge in [0.25, 0.3) is 5.91 Å². The van der Waals surface area contributed by atoms with Crippen molar-refractivity contribution >= 4 is 17.6 Å². The van der Waals surface area contributed by atoms with E-state index in [1.54, 1.807) is 17.0 Å². The molecule has 0 radical (unpaired) electrons. The van der Waals surface area contributed by atoms with Gasteiger partial charge >= 0.3 is 0 Å². The molecule has 2 N–H and O–H groups in total. The molecule has 3 rings (SSSR count). The summed E-state index contributed by atoms with van der Waals surface area (Å²) in [5.74, 6) is 0.366. The van der Waals surface area contributed by atoms with Crippen molar-refractivity contribution in [2.24, 2.45) is 0 Å². The number of pyridine rings is 1. The van der Waals surface area contributed by atoms with Crippen LogP contribution in [0.1, 0.15) is 35.7 Å². The summed E-state index contributed by atoms with van der Waals surface area (Å²) in [5, 5.41) is 0. The van der Waals surface area contributed by atoms with Gasteiger partial charge in [0.2, 0.25) is 5.91 Å². The van der Waals surface area contributed by atoms with Crippen LogP contribution >= 0.6 is 0 Å². The van der Waals surface area contributed by atoms with Gasteiger partial charge in [-0.2, -0.15) is 0 Å². The molecule has 2 aromatic rings. The van der Waals surface area contributed by atoms with E-state index in [9.17, 15) is 9.59 Å². The molecule has 0 bridgehead atoms. The summed E-state index contributed by atoms with van der Waals surface area (Å²) in [4.78, 5) is 33.2. The lowest BCUT2D eigenvalue weighted by Crippen LogP contribution is -2.43. The Labute approximate surface area is 153 Å². The molecule has 1 aromatic heterocycles. The van der Waals surface area contributed by atoms with Crippen LogP contribution in [0.4, 0.5) is 5.82 Å². The van der Waals surface area contributed by atoms with Gasteiger partial charge in [-0.25, -0.2) is 4.98 Å². The number of rotatable bonds is 4. The third-order valence-corrected chi connectivity index (χ3v) is 4.78. The van der Waals surface area contributed by atoms with Crippen LogP contribution in [0.15, 0.2) is 48.7 Å². The first-order valence-corrected chi connectivity index (χ1v) is 8.92. The van der Waals surface area contributed by atoms with Crippen molar-refractivity contribution in [2.45, 2.75) is 32.4 Å². The lowest BCUT2D eigenvalue weighted by atomic mass is 10.1. The molecule has 1 aromatic carbocycles. The zero-order valence-electron chi connectivity index (χ0n) is 15.0. The van der Waals surface area contributed by atoms with E-state index in [4.69, 9.17) is 5.73 Å². The number of carbonyl (C=O) groups excluding carboxylic acids is 2. The van der Waals surface area contributed by atoms with Crippen LogP contribution in [0, 0.1) is 0 Å². The normalized spacial score (nSPS) is 17.9. The van der Waals surface area contributed by atoms with E-state index in [1.807, 2.05) is 35.2 Å². The molecule has 1 aliphatic heterocycles. The van der Waals surface area contributed by atoms with Crippen molar-refractivity contribution in [3.8, 4) is 0 Å². The van der Waals surface area contributed by atoms with Crippen molar-refractivity contribution in [3.63, 3.8) is 0 Å². The number of hydrogen-bond donors (Lipinski definition) is 1. The summed E-state index contributed by atoms with van der Waals surface area (Å²) in [5.41, 5.74) is 7.19. The number of carbonyl (C=O) groups is 2. The van der Waals surface area contributed by atoms with E-state index in [-0.39, 0.29) is 17.9 Å². The first-order chi connectivity index (χ1) is 12.6. The fraction of sp³-hybridized carbons (Fsp3) is 0.350. The second-order valence-electron chi connectivity index (χ2n) is 6.54. The molecule has 26 heavy (non-hydrogen) atoms. The van der Waals surface area contributed by atoms with Gasteiger partial charge < -0.3 is 15.5 Å². The van der Waals surface area contributed by atoms with Crippen LogP contribution in [0.2, 0.25) is 0 Å². The predicted octanol–water partition coefficient (Wildman–Crippen LogP) is 2.32. The zero-order chi connectivity index (χ0) is 18.5. The lowest BCUT2D eigenvalue weighted by Gasteiger charge is -2.31. The Morgan fingerprint density at radius 3 is 2.65 bits per heavy atom. The van der Waals surface area contributed by atoms with Crippen LogP contribution in [-0.2, 0) is 11.3 Å². The van der Waals surface area contributed by atoms with Gasteiger partial charge in [0.05, 0.1) is 5.56 Å². The van der Waals surface area contributed by atoms with E-state index in [0.29, 0.717) is 37.4 Å². The zero-order valence-corrected chi connectivity index (χ0v) is 15.0. The van der Waals surface area contributed by atoms with Crippen molar-refractivity contribution in [3.05, 3.63) is 59.8 Å². The molecular formula is C20H24N4O2. The largest absolute Gasteiger partial charge is 0.384 e. The maximum Gasteiger partial charge on any atom is 0.255 e. The van der Waals surface area contributed by atoms with Crippen molar-refractivity contribution < 1.29 is 9.59 Å². The summed E-state index contributed by atoms with van der Waals surface area (Å²) in [7, 11) is 0. The second kappa shape index (κ2) is 7.99. The van der Waals surface area contributed by atoms with E-state index in [0.717, 1.165) is 12.0 Å². The highest BCUT2D eigenvalue weighted by molar-refractivity contribution is 5.94. The Morgan fingerprint density at radius 2 is 2.00 bits per heavy atom. The molecule has 2 heterocycles. The number of benzene rings is 1. The maximum absolute atomic E-state index is 12.8. The van der Waals surface area contributed by atoms with Gasteiger partial charge in [-0.15, -0.1) is 0 Å². The quantitative estimate of drug-likeness (QED) is 0.916. The fourth-order valence-corrected chi connectivity index (χ4v) is 3.27. The number of nitrogen functional groups attached to an aromatic ring is 1. The van der Waals surface area contributed by atoms with Gasteiger partial charge in [0.1, 0.15) is 5.82 Å². The average Bonchev–Trinajstić information content (AvgIpc) is 2.82. The van der Waals surface area contributed by atoms with E-state index in [1.165, 1.54) is 6.20 Å². The highest BCUT2D eigenvalue weighted by Gasteiger charge is 2.31. The second-order valence-corrected chi connectivity index (χ2v) is 6.54. The summed E-state index contributed by atoms with van der Waals surface area (Å²) in [6, 6.07) is 13.3. The number of nitrogens with two attached hydrogens (primary N) is 1. The van der Waals surface area contributed by atoms with Gasteiger partial charge in [-0.3, -0.25) is 9.59 Å². The molecule has 1 fully saturated rings. The molecule has 6 nitrogen and oxygen atoms in total. The topological polar surface area (TPSA) is 79.5 Å². The third-order valence-electron chi connectivity index (χ3n) is 4.78. The molecule has 2 amide bonds. The predicted molar refractivity (Wildman–Crippen MR) is 100 cm³/mol. The Hall–Kier alpha value is -2.89. The molecule has 0 aliphatic carbocycles. The van der Waals surface area contributed by atoms with Gasteiger partial charge in [-0.05, 0) is 24.1 Å². The molecule has 6 heteroatoms. The van der Waals surface area contributed by atoms with Crippen LogP contribution < -0.4 is 5.73 Å². The van der Waals surface area contributed by atoms with E-state index < -0.39 is 0 Å². The number of aromatic nitrogens is 1. The summed E-state index contributed by atoms with van der Waals surface area (Å²) in [6.07, 6.45) is 2.62. The first-order valence-electron chi connectivity index (χ1n) is 8.92. The minimum Gasteiger partial charge on any atom is -0.384 e. The molecule has 1 saturated heterocycles. The van der Waals surface area contributed by atoms with Crippen molar-refractivity contribution in [1.29, 1.82) is 0 Å². The van der Waals surface area contributed by atoms with Crippen LogP contribution in [-0.4, -0.2) is 45.7 Å². The smallest absolute Gasteiger partial charge is 0.255 e. The number of hydrogen-bond acceptors (Lipinski definition) is 4. The minimum atomic E-state index is -0.106. The van der Waals surface area contributed by atoms with Crippen LogP contribution in [0.3, 0.4) is 0 Å². The molecule has 1 atom stereocenters. The Morgan fingerprint density at radius 1 is 1.23 bits per heavy atom. The summed E-state index contributed by atoms with van der Waals surface area (Å²) in [6.45, 7) is 3.57. The maximum atomic E-state index is 12.8. The van der Waals surface area contributed by atoms with Crippen LogP contribution in [0.25, 0.3) is 0 Å². The standard InChI is InChI=1S/C20H24N4O2/c1-2-17-14-23(20(26)16-8-9-18(21)22-12-16)11-10-19(25)24(17)13-15-6-4-3-5-7-15/h3-9,12,17H,2,10-11,13-14H2,1H3,(H2,21,22)/t17-/m1/s1. The summed E-state index contributed by atoms with van der Waals surface area (Å²) < 4.78 is 0. The highest BCUT2D eigenvalue weighted by Crippen LogP contribution is 2.19. The molecule has 0 spiro atoms. The third kappa shape index (κ3) is 4.02. The Kier molecular flexibility index (Phi) is 5.51. The van der Waals surface area contributed by atoms with Crippen molar-refractivity contribution in [1.82, 2.24) is 14.8 Å². The SMILES string of the molecule is CC[C@@H]1CN(C(=O)c2ccc(N)nc2)CCC(=O)N1Cc1ccccc1. The molecule has 0 unspecified atom stereocenters. The number of amides is 2. The number of nitrogens with zero attached hydrogens (tertiary/aromatic N) is 3. The van der Waals surface area contributed by atoms with Gasteiger partial charge in [0.15, 0.2) is 0 Å². The highest BCUT2D eigenvalue weighted by atomic mass is 16.2. The Balaban J connectivity index is 1.77. The average molecular weight is 352 g/mol. The monoisotopic (exact) mass is 352 g/mol. The van der Waals surface area contributed by atoms with Crippen LogP contribution in [0.5, 0.6) is 0 Å². The fourth-order valence-electron chi connectivity index (χ4n) is 3.27. The lowest BCUT2D eigenvalue weighted by molar-refractivity contribution is -0.133. The molecule has 1 aliphatic rings. The van der Waals surface area contributed by atoms with Gasteiger partial charge in [0, 0.05) is 38.3 Å². The van der Waals surface area contributed by atoms with Gasteiger partial charge in [-0.1, -0.05) is 37.3 Å². The minimum absolute atomic E-state index is 0.00380. The first kappa shape index (κ1) is 17.9. The molecule has 136 valence electrons. The van der Waals surface area contributed by atoms with E-state index >= 15 is 0 Å². The van der Waals surface area contributed by atoms with E-state index in [2.05, 4.69) is 11.9 Å². The molecular weight excluding hydrogens is 328 g/mol. The summed E-state index contributed by atoms with van der Waals surface area (Å²) >= 11 is 0. The Bertz CT molecular complexity index is 761. The van der Waals surface area contributed by atoms with Crippen molar-refractivity contribution in [2.75, 3.05) is 18.8 Å². The number of anilines is 1. The molecule has 0 saturated carbocycles.